The zero-order chi connectivity index (χ0) is 15.1. The molecule has 1 unspecified atom stereocenters. The van der Waals surface area contributed by atoms with Crippen LogP contribution in [0.25, 0.3) is 0 Å². The van der Waals surface area contributed by atoms with Crippen LogP contribution < -0.4 is 10.1 Å². The number of methoxy groups -OCH3 is 1. The minimum atomic E-state index is -0.893. The van der Waals surface area contributed by atoms with Crippen LogP contribution >= 0.6 is 0 Å². The Morgan fingerprint density at radius 3 is 2.65 bits per heavy atom. The van der Waals surface area contributed by atoms with Gasteiger partial charge in [0.25, 0.3) is 5.91 Å². The lowest BCUT2D eigenvalue weighted by Gasteiger charge is -2.14. The van der Waals surface area contributed by atoms with Crippen LogP contribution in [-0.4, -0.2) is 35.7 Å². The van der Waals surface area contributed by atoms with Gasteiger partial charge in [-0.2, -0.15) is 0 Å². The summed E-state index contributed by atoms with van der Waals surface area (Å²) in [6, 6.07) is 4.36. The minimum Gasteiger partial charge on any atom is -0.507 e. The Hall–Kier alpha value is -2.24. The van der Waals surface area contributed by atoms with Gasteiger partial charge >= 0.3 is 5.97 Å². The van der Waals surface area contributed by atoms with E-state index in [1.807, 2.05) is 6.92 Å². The van der Waals surface area contributed by atoms with Crippen LogP contribution in [0.3, 0.4) is 0 Å². The van der Waals surface area contributed by atoms with Crippen LogP contribution in [0.15, 0.2) is 18.2 Å². The summed E-state index contributed by atoms with van der Waals surface area (Å²) in [7, 11) is 1.47. The summed E-state index contributed by atoms with van der Waals surface area (Å²) >= 11 is 0. The van der Waals surface area contributed by atoms with E-state index in [0.29, 0.717) is 12.2 Å². The molecule has 0 spiro atoms. The zero-order valence-corrected chi connectivity index (χ0v) is 11.5. The summed E-state index contributed by atoms with van der Waals surface area (Å²) in [6.45, 7) is 2.11. The molecule has 3 N–H and O–H groups in total. The maximum Gasteiger partial charge on any atom is 0.303 e. The number of hydrogen-bond acceptors (Lipinski definition) is 4. The first kappa shape index (κ1) is 15.8. The summed E-state index contributed by atoms with van der Waals surface area (Å²) in [5.41, 5.74) is 0.106. The van der Waals surface area contributed by atoms with Crippen LogP contribution in [0.2, 0.25) is 0 Å². The van der Waals surface area contributed by atoms with E-state index in [9.17, 15) is 14.7 Å². The van der Waals surface area contributed by atoms with E-state index in [-0.39, 0.29) is 30.2 Å². The molecule has 0 saturated carbocycles. The molecule has 1 aromatic carbocycles. The lowest BCUT2D eigenvalue weighted by atomic mass is 10.0. The van der Waals surface area contributed by atoms with Crippen molar-refractivity contribution in [3.63, 3.8) is 0 Å². The number of rotatable bonds is 7. The Morgan fingerprint density at radius 1 is 1.40 bits per heavy atom. The number of carbonyl (C=O) groups excluding carboxylic acids is 1. The third kappa shape index (κ3) is 4.46. The predicted molar refractivity (Wildman–Crippen MR) is 73.0 cm³/mol. The van der Waals surface area contributed by atoms with Gasteiger partial charge in [0, 0.05) is 13.0 Å². The van der Waals surface area contributed by atoms with Gasteiger partial charge in [0.2, 0.25) is 0 Å². The van der Waals surface area contributed by atoms with Crippen molar-refractivity contribution in [2.45, 2.75) is 19.8 Å². The topological polar surface area (TPSA) is 95.9 Å². The molecule has 0 radical (unpaired) electrons. The molecule has 0 aliphatic heterocycles. The number of nitrogens with one attached hydrogen (secondary N) is 1. The number of ether oxygens (including phenoxy) is 1. The smallest absolute Gasteiger partial charge is 0.303 e. The predicted octanol–water partition coefficient (Wildman–Crippen LogP) is 1.63. The molecule has 0 saturated heterocycles. The number of amides is 1. The van der Waals surface area contributed by atoms with Crippen LogP contribution in [0.1, 0.15) is 30.1 Å². The van der Waals surface area contributed by atoms with E-state index in [1.165, 1.54) is 19.2 Å². The molecule has 0 aliphatic carbocycles. The molecule has 1 atom stereocenters. The molecule has 6 nitrogen and oxygen atoms in total. The number of carboxylic acids is 1. The monoisotopic (exact) mass is 281 g/mol. The Bertz CT molecular complexity index is 486. The van der Waals surface area contributed by atoms with Gasteiger partial charge in [-0.1, -0.05) is 13.3 Å². The van der Waals surface area contributed by atoms with Crippen LogP contribution in [0.4, 0.5) is 0 Å². The Morgan fingerprint density at radius 2 is 2.10 bits per heavy atom. The number of phenols is 1. The van der Waals surface area contributed by atoms with E-state index in [2.05, 4.69) is 5.32 Å². The lowest BCUT2D eigenvalue weighted by Crippen LogP contribution is -2.30. The van der Waals surface area contributed by atoms with E-state index >= 15 is 0 Å². The number of aliphatic carboxylic acids is 1. The highest BCUT2D eigenvalue weighted by Gasteiger charge is 2.16. The fourth-order valence-corrected chi connectivity index (χ4v) is 1.76. The van der Waals surface area contributed by atoms with E-state index < -0.39 is 11.9 Å². The van der Waals surface area contributed by atoms with Crippen LogP contribution in [-0.2, 0) is 4.79 Å². The standard InChI is InChI=1S/C14H19NO5/c1-3-9(6-13(17)18)8-15-14(19)11-7-10(20-2)4-5-12(11)16/h4-5,7,9,16H,3,6,8H2,1-2H3,(H,15,19)(H,17,18). The summed E-state index contributed by atoms with van der Waals surface area (Å²) in [6.07, 6.45) is 0.650. The second kappa shape index (κ2) is 7.37. The van der Waals surface area contributed by atoms with Gasteiger partial charge in [0.1, 0.15) is 11.5 Å². The molecule has 1 aromatic rings. The van der Waals surface area contributed by atoms with E-state index in [0.717, 1.165) is 0 Å². The SMILES string of the molecule is CCC(CNC(=O)c1cc(OC)ccc1O)CC(=O)O. The molecular weight excluding hydrogens is 262 g/mol. The maximum atomic E-state index is 12.0. The molecule has 0 fully saturated rings. The molecule has 1 rings (SSSR count). The molecule has 0 aliphatic rings. The first-order chi connectivity index (χ1) is 9.47. The first-order valence-corrected chi connectivity index (χ1v) is 6.34. The molecule has 6 heteroatoms. The van der Waals surface area contributed by atoms with E-state index in [1.54, 1.807) is 6.07 Å². The summed E-state index contributed by atoms with van der Waals surface area (Å²) in [5.74, 6) is -1.16. The van der Waals surface area contributed by atoms with Gasteiger partial charge < -0.3 is 20.3 Å². The van der Waals surface area contributed by atoms with Crippen LogP contribution in [0, 0.1) is 5.92 Å². The third-order valence-corrected chi connectivity index (χ3v) is 3.04. The average Bonchev–Trinajstić information content (AvgIpc) is 2.43. The van der Waals surface area contributed by atoms with Gasteiger partial charge in [-0.15, -0.1) is 0 Å². The normalized spacial score (nSPS) is 11.7. The Labute approximate surface area is 117 Å². The molecule has 1 amide bonds. The second-order valence-electron chi connectivity index (χ2n) is 4.47. The first-order valence-electron chi connectivity index (χ1n) is 6.34. The number of phenolic OH excluding ortho intramolecular Hbond substituents is 1. The quantitative estimate of drug-likeness (QED) is 0.706. The average molecular weight is 281 g/mol. The van der Waals surface area contributed by atoms with E-state index in [4.69, 9.17) is 9.84 Å². The lowest BCUT2D eigenvalue weighted by molar-refractivity contribution is -0.138. The van der Waals surface area contributed by atoms with Crippen molar-refractivity contribution in [3.05, 3.63) is 23.8 Å². The number of hydrogen-bond donors (Lipinski definition) is 3. The largest absolute Gasteiger partial charge is 0.507 e. The van der Waals surface area contributed by atoms with Crippen molar-refractivity contribution >= 4 is 11.9 Å². The highest BCUT2D eigenvalue weighted by atomic mass is 16.5. The fourth-order valence-electron chi connectivity index (χ4n) is 1.76. The second-order valence-corrected chi connectivity index (χ2v) is 4.47. The molecule has 0 heterocycles. The van der Waals surface area contributed by atoms with Crippen molar-refractivity contribution < 1.29 is 24.5 Å². The van der Waals surface area contributed by atoms with Gasteiger partial charge in [-0.05, 0) is 24.1 Å². The molecule has 20 heavy (non-hydrogen) atoms. The summed E-state index contributed by atoms with van der Waals surface area (Å²) in [4.78, 5) is 22.6. The zero-order valence-electron chi connectivity index (χ0n) is 11.5. The number of aromatic hydroxyl groups is 1. The summed E-state index contributed by atoms with van der Waals surface area (Å²) in [5, 5.41) is 21.0. The molecule has 0 bridgehead atoms. The minimum absolute atomic E-state index is 0.000866. The van der Waals surface area contributed by atoms with Crippen molar-refractivity contribution in [3.8, 4) is 11.5 Å². The van der Waals surface area contributed by atoms with Crippen molar-refractivity contribution in [1.82, 2.24) is 5.32 Å². The molecule has 0 aromatic heterocycles. The highest BCUT2D eigenvalue weighted by molar-refractivity contribution is 5.97. The molecule has 110 valence electrons. The highest BCUT2D eigenvalue weighted by Crippen LogP contribution is 2.22. The van der Waals surface area contributed by atoms with Crippen molar-refractivity contribution in [2.24, 2.45) is 5.92 Å². The maximum absolute atomic E-state index is 12.0. The number of carbonyl (C=O) groups is 2. The van der Waals surface area contributed by atoms with Gasteiger partial charge in [0.05, 0.1) is 12.7 Å². The third-order valence-electron chi connectivity index (χ3n) is 3.04. The number of carboxylic acid groups (broad SMARTS) is 1. The summed E-state index contributed by atoms with van der Waals surface area (Å²) < 4.78 is 4.99. The van der Waals surface area contributed by atoms with Crippen LogP contribution in [0.5, 0.6) is 11.5 Å². The fraction of sp³-hybridized carbons (Fsp3) is 0.429. The van der Waals surface area contributed by atoms with Gasteiger partial charge in [-0.3, -0.25) is 9.59 Å². The van der Waals surface area contributed by atoms with Gasteiger partial charge in [-0.25, -0.2) is 0 Å². The van der Waals surface area contributed by atoms with Gasteiger partial charge in [0.15, 0.2) is 0 Å². The Balaban J connectivity index is 2.68. The van der Waals surface area contributed by atoms with Crippen molar-refractivity contribution in [2.75, 3.05) is 13.7 Å². The van der Waals surface area contributed by atoms with Crippen molar-refractivity contribution in [1.29, 1.82) is 0 Å². The number of benzene rings is 1. The molecular formula is C14H19NO5. The Kier molecular flexibility index (Phi) is 5.83.